The zero-order chi connectivity index (χ0) is 19.7. The number of carbonyl (C=O) groups excluding carboxylic acids is 1. The molecule has 3 aromatic rings. The maximum absolute atomic E-state index is 12.2. The largest absolute Gasteiger partial charge is 0.742 e. The standard InChI is InChI=1S/C18H14N2O7S/c21-18(20-19-9-13-5-6-17(26-13)28(22,23)24)16-10-25-14-7-11-3-1-2-4-12(11)8-15(14)27-16/h1-9,16H,10H2,(H,20,21)(H,22,23,24)/p-1/b19-9+. The van der Waals surface area contributed by atoms with Crippen molar-refractivity contribution in [1.29, 1.82) is 0 Å². The van der Waals surface area contributed by atoms with Gasteiger partial charge in [-0.25, -0.2) is 13.8 Å². The Hall–Kier alpha value is -3.37. The summed E-state index contributed by atoms with van der Waals surface area (Å²) in [6.45, 7) is 0.00597. The first-order valence-electron chi connectivity index (χ1n) is 8.11. The maximum atomic E-state index is 12.2. The van der Waals surface area contributed by atoms with Gasteiger partial charge in [-0.1, -0.05) is 24.3 Å². The smallest absolute Gasteiger partial charge is 0.284 e. The van der Waals surface area contributed by atoms with E-state index in [0.29, 0.717) is 11.5 Å². The van der Waals surface area contributed by atoms with Gasteiger partial charge in [0.15, 0.2) is 21.6 Å². The molecule has 1 unspecified atom stereocenters. The molecule has 2 aromatic carbocycles. The lowest BCUT2D eigenvalue weighted by molar-refractivity contribution is -0.130. The van der Waals surface area contributed by atoms with E-state index in [1.807, 2.05) is 30.3 Å². The summed E-state index contributed by atoms with van der Waals surface area (Å²) in [6, 6.07) is 13.6. The second kappa shape index (κ2) is 6.98. The van der Waals surface area contributed by atoms with Crippen molar-refractivity contribution in [3.8, 4) is 11.5 Å². The highest BCUT2D eigenvalue weighted by molar-refractivity contribution is 7.85. The molecule has 0 saturated carbocycles. The van der Waals surface area contributed by atoms with Gasteiger partial charge in [0, 0.05) is 0 Å². The molecule has 1 atom stereocenters. The summed E-state index contributed by atoms with van der Waals surface area (Å²) >= 11 is 0. The fourth-order valence-corrected chi connectivity index (χ4v) is 3.09. The summed E-state index contributed by atoms with van der Waals surface area (Å²) in [5, 5.41) is 4.88. The third-order valence-corrected chi connectivity index (χ3v) is 4.69. The Morgan fingerprint density at radius 2 is 1.86 bits per heavy atom. The Balaban J connectivity index is 1.42. The molecule has 9 nitrogen and oxygen atoms in total. The molecule has 1 amide bonds. The van der Waals surface area contributed by atoms with Crippen LogP contribution < -0.4 is 14.9 Å². The van der Waals surface area contributed by atoms with Crippen molar-refractivity contribution in [3.63, 3.8) is 0 Å². The number of hydrogen-bond donors (Lipinski definition) is 1. The molecule has 1 N–H and O–H groups in total. The topological polar surface area (TPSA) is 130 Å². The van der Waals surface area contributed by atoms with Crippen LogP contribution in [0.15, 0.2) is 63.1 Å². The zero-order valence-corrected chi connectivity index (χ0v) is 15.0. The summed E-state index contributed by atoms with van der Waals surface area (Å²) in [4.78, 5) is 12.2. The van der Waals surface area contributed by atoms with Crippen LogP contribution in [-0.2, 0) is 14.9 Å². The second-order valence-electron chi connectivity index (χ2n) is 5.91. The molecule has 1 aliphatic heterocycles. The molecule has 0 spiro atoms. The Labute approximate surface area is 159 Å². The molecular formula is C18H13N2O7S-. The van der Waals surface area contributed by atoms with Crippen LogP contribution in [0.2, 0.25) is 0 Å². The first-order chi connectivity index (χ1) is 13.4. The molecule has 0 radical (unpaired) electrons. The molecular weight excluding hydrogens is 388 g/mol. The van der Waals surface area contributed by atoms with E-state index in [1.54, 1.807) is 6.07 Å². The highest BCUT2D eigenvalue weighted by atomic mass is 32.2. The maximum Gasteiger partial charge on any atom is 0.284 e. The second-order valence-corrected chi connectivity index (χ2v) is 7.22. The number of amides is 1. The van der Waals surface area contributed by atoms with Crippen molar-refractivity contribution in [1.82, 2.24) is 5.43 Å². The summed E-state index contributed by atoms with van der Waals surface area (Å²) < 4.78 is 48.6. The number of benzene rings is 2. The normalized spacial score (nSPS) is 16.4. The summed E-state index contributed by atoms with van der Waals surface area (Å²) in [5.41, 5.74) is 2.25. The molecule has 4 rings (SSSR count). The van der Waals surface area contributed by atoms with Crippen molar-refractivity contribution in [2.75, 3.05) is 6.61 Å². The first-order valence-corrected chi connectivity index (χ1v) is 9.52. The lowest BCUT2D eigenvalue weighted by Crippen LogP contribution is -2.42. The van der Waals surface area contributed by atoms with Crippen LogP contribution in [0.25, 0.3) is 10.8 Å². The summed E-state index contributed by atoms with van der Waals surface area (Å²) in [6.07, 6.45) is 0.151. The van der Waals surface area contributed by atoms with Gasteiger partial charge in [-0.2, -0.15) is 5.10 Å². The SMILES string of the molecule is O=C(N/N=C/c1ccc(S(=O)(=O)[O-])o1)C1COc2cc3ccccc3cc2O1. The lowest BCUT2D eigenvalue weighted by atomic mass is 10.1. The molecule has 1 aromatic heterocycles. The van der Waals surface area contributed by atoms with E-state index in [1.165, 1.54) is 6.07 Å². The molecule has 2 heterocycles. The summed E-state index contributed by atoms with van der Waals surface area (Å²) in [7, 11) is -4.69. The molecule has 0 aliphatic carbocycles. The number of hydrazone groups is 1. The Morgan fingerprint density at radius 1 is 1.14 bits per heavy atom. The predicted octanol–water partition coefficient (Wildman–Crippen LogP) is 1.63. The van der Waals surface area contributed by atoms with Gasteiger partial charge in [-0.15, -0.1) is 0 Å². The summed E-state index contributed by atoms with van der Waals surface area (Å²) in [5.74, 6) is 0.434. The fraction of sp³-hybridized carbons (Fsp3) is 0.111. The molecule has 10 heteroatoms. The first kappa shape index (κ1) is 18.0. The van der Waals surface area contributed by atoms with Gasteiger partial charge in [0.1, 0.15) is 12.4 Å². The molecule has 144 valence electrons. The van der Waals surface area contributed by atoms with Crippen LogP contribution >= 0.6 is 0 Å². The number of furan rings is 1. The van der Waals surface area contributed by atoms with Crippen LogP contribution in [-0.4, -0.2) is 37.8 Å². The van der Waals surface area contributed by atoms with Crippen molar-refractivity contribution < 1.29 is 31.7 Å². The van der Waals surface area contributed by atoms with Crippen LogP contribution in [0, 0.1) is 0 Å². The number of ether oxygens (including phenoxy) is 2. The van der Waals surface area contributed by atoms with Crippen LogP contribution in [0.3, 0.4) is 0 Å². The van der Waals surface area contributed by atoms with Gasteiger partial charge in [0.2, 0.25) is 11.2 Å². The van der Waals surface area contributed by atoms with Gasteiger partial charge in [-0.3, -0.25) is 4.79 Å². The van der Waals surface area contributed by atoms with Gasteiger partial charge >= 0.3 is 0 Å². The number of nitrogens with one attached hydrogen (secondary N) is 1. The Morgan fingerprint density at radius 3 is 2.54 bits per heavy atom. The number of rotatable bonds is 4. The number of hydrogen-bond acceptors (Lipinski definition) is 8. The van der Waals surface area contributed by atoms with E-state index in [0.717, 1.165) is 23.1 Å². The van der Waals surface area contributed by atoms with Gasteiger partial charge in [0.25, 0.3) is 5.91 Å². The van der Waals surface area contributed by atoms with Gasteiger partial charge in [-0.05, 0) is 35.0 Å². The van der Waals surface area contributed by atoms with Crippen LogP contribution in [0.5, 0.6) is 11.5 Å². The van der Waals surface area contributed by atoms with Crippen LogP contribution in [0.4, 0.5) is 0 Å². The molecule has 0 fully saturated rings. The van der Waals surface area contributed by atoms with E-state index in [9.17, 15) is 17.8 Å². The van der Waals surface area contributed by atoms with Crippen molar-refractivity contribution >= 4 is 33.0 Å². The van der Waals surface area contributed by atoms with E-state index in [-0.39, 0.29) is 12.4 Å². The fourth-order valence-electron chi connectivity index (χ4n) is 2.65. The average Bonchev–Trinajstić information content (AvgIpc) is 3.15. The number of nitrogens with zero attached hydrogens (tertiary/aromatic N) is 1. The van der Waals surface area contributed by atoms with Gasteiger partial charge < -0.3 is 18.4 Å². The predicted molar refractivity (Wildman–Crippen MR) is 96.3 cm³/mol. The monoisotopic (exact) mass is 401 g/mol. The molecule has 1 aliphatic rings. The lowest BCUT2D eigenvalue weighted by Gasteiger charge is -2.25. The molecule has 28 heavy (non-hydrogen) atoms. The minimum Gasteiger partial charge on any atom is -0.742 e. The van der Waals surface area contributed by atoms with E-state index < -0.39 is 27.2 Å². The third-order valence-electron chi connectivity index (χ3n) is 3.98. The average molecular weight is 401 g/mol. The van der Waals surface area contributed by atoms with Crippen molar-refractivity contribution in [2.24, 2.45) is 5.10 Å². The molecule has 0 bridgehead atoms. The third kappa shape index (κ3) is 3.68. The minimum absolute atomic E-state index is 0.00597. The number of carbonyl (C=O) groups is 1. The van der Waals surface area contributed by atoms with Crippen LogP contribution in [0.1, 0.15) is 5.76 Å². The highest BCUT2D eigenvalue weighted by Crippen LogP contribution is 2.35. The van der Waals surface area contributed by atoms with Crippen molar-refractivity contribution in [2.45, 2.75) is 11.2 Å². The van der Waals surface area contributed by atoms with E-state index in [4.69, 9.17) is 13.9 Å². The quantitative estimate of drug-likeness (QED) is 0.399. The highest BCUT2D eigenvalue weighted by Gasteiger charge is 2.27. The number of fused-ring (bicyclic) bond motifs is 2. The van der Waals surface area contributed by atoms with Crippen molar-refractivity contribution in [3.05, 3.63) is 54.3 Å². The van der Waals surface area contributed by atoms with E-state index in [2.05, 4.69) is 10.5 Å². The van der Waals surface area contributed by atoms with E-state index >= 15 is 0 Å². The minimum atomic E-state index is -4.69. The Kier molecular flexibility index (Phi) is 4.49. The van der Waals surface area contributed by atoms with Gasteiger partial charge in [0.05, 0.1) is 6.21 Å². The molecule has 0 saturated heterocycles. The zero-order valence-electron chi connectivity index (χ0n) is 14.2. The Bertz CT molecular complexity index is 1180.